The molecule has 0 spiro atoms. The first kappa shape index (κ1) is 20.5. The minimum absolute atomic E-state index is 0.0391. The van der Waals surface area contributed by atoms with Gasteiger partial charge in [0.2, 0.25) is 11.2 Å². The van der Waals surface area contributed by atoms with Crippen molar-refractivity contribution in [3.05, 3.63) is 62.0 Å². The van der Waals surface area contributed by atoms with E-state index in [4.69, 9.17) is 11.6 Å². The number of aromatic nitrogens is 4. The van der Waals surface area contributed by atoms with Gasteiger partial charge in [0.05, 0.1) is 6.04 Å². The minimum Gasteiger partial charge on any atom is -0.344 e. The Balaban J connectivity index is 1.89. The molecule has 9 nitrogen and oxygen atoms in total. The molecule has 0 fully saturated rings. The van der Waals surface area contributed by atoms with Gasteiger partial charge in [0, 0.05) is 14.1 Å². The van der Waals surface area contributed by atoms with Crippen LogP contribution in [0.4, 0.5) is 0 Å². The molecule has 0 unspecified atom stereocenters. The van der Waals surface area contributed by atoms with Crippen LogP contribution in [0.2, 0.25) is 5.28 Å². The molecule has 1 N–H and O–H groups in total. The second-order valence-corrected chi connectivity index (χ2v) is 7.10. The highest BCUT2D eigenvalue weighted by atomic mass is 35.5. The van der Waals surface area contributed by atoms with Crippen LogP contribution in [0.25, 0.3) is 11.2 Å². The van der Waals surface area contributed by atoms with Crippen molar-refractivity contribution in [2.75, 3.05) is 0 Å². The highest BCUT2D eigenvalue weighted by molar-refractivity contribution is 6.29. The number of ketones is 1. The van der Waals surface area contributed by atoms with E-state index in [1.165, 1.54) is 30.2 Å². The van der Waals surface area contributed by atoms with Gasteiger partial charge in [0.1, 0.15) is 6.54 Å². The molecule has 0 saturated carbocycles. The number of hydrogen-bond acceptors (Lipinski definition) is 5. The minimum atomic E-state index is -0.717. The largest absolute Gasteiger partial charge is 0.344 e. The lowest BCUT2D eigenvalue weighted by Crippen LogP contribution is -2.43. The van der Waals surface area contributed by atoms with Gasteiger partial charge in [-0.1, -0.05) is 30.3 Å². The monoisotopic (exact) mass is 417 g/mol. The topological polar surface area (TPSA) is 108 Å². The molecule has 2 aromatic heterocycles. The van der Waals surface area contributed by atoms with Crippen LogP contribution in [0.15, 0.2) is 39.9 Å². The summed E-state index contributed by atoms with van der Waals surface area (Å²) in [6.07, 6.45) is 0.344. The second kappa shape index (κ2) is 8.04. The van der Waals surface area contributed by atoms with Gasteiger partial charge in [-0.25, -0.2) is 4.79 Å². The third-order valence-electron chi connectivity index (χ3n) is 4.71. The molecule has 10 heteroatoms. The standard InChI is InChI=1S/C19H20ClN5O4/c1-11(26)13(9-12-7-5-4-6-8-12)21-14(27)10-25-15-16(22-18(25)20)23(2)19(29)24(3)17(15)28/h4-8,13H,9-10H2,1-3H3,(H,21,27)/t13-/m0/s1. The van der Waals surface area contributed by atoms with Crippen LogP contribution in [-0.2, 0) is 36.6 Å². The van der Waals surface area contributed by atoms with Crippen molar-refractivity contribution >= 4 is 34.5 Å². The molecule has 3 rings (SSSR count). The average molecular weight is 418 g/mol. The summed E-state index contributed by atoms with van der Waals surface area (Å²) in [6.45, 7) is 1.08. The molecule has 0 aliphatic heterocycles. The van der Waals surface area contributed by atoms with Gasteiger partial charge in [-0.15, -0.1) is 0 Å². The molecule has 0 aliphatic rings. The predicted molar refractivity (Wildman–Crippen MR) is 108 cm³/mol. The van der Waals surface area contributed by atoms with Crippen LogP contribution in [0, 0.1) is 0 Å². The molecule has 2 heterocycles. The van der Waals surface area contributed by atoms with E-state index in [-0.39, 0.29) is 28.8 Å². The summed E-state index contributed by atoms with van der Waals surface area (Å²) in [5.41, 5.74) is -0.126. The lowest BCUT2D eigenvalue weighted by atomic mass is 10.0. The highest BCUT2D eigenvalue weighted by Gasteiger charge is 2.22. The number of amides is 1. The first-order valence-electron chi connectivity index (χ1n) is 8.86. The summed E-state index contributed by atoms with van der Waals surface area (Å²) in [5.74, 6) is -0.694. The van der Waals surface area contributed by atoms with Gasteiger partial charge in [-0.05, 0) is 30.5 Å². The summed E-state index contributed by atoms with van der Waals surface area (Å²) in [7, 11) is 2.80. The Morgan fingerprint density at radius 2 is 1.79 bits per heavy atom. The van der Waals surface area contributed by atoms with Crippen molar-refractivity contribution < 1.29 is 9.59 Å². The molecule has 1 atom stereocenters. The van der Waals surface area contributed by atoms with E-state index in [2.05, 4.69) is 10.3 Å². The lowest BCUT2D eigenvalue weighted by molar-refractivity contribution is -0.127. The Kier molecular flexibility index (Phi) is 5.69. The molecule has 0 radical (unpaired) electrons. The van der Waals surface area contributed by atoms with Gasteiger partial charge in [-0.3, -0.25) is 28.1 Å². The Bertz CT molecular complexity index is 1210. The Morgan fingerprint density at radius 1 is 1.14 bits per heavy atom. The van der Waals surface area contributed by atoms with Crippen LogP contribution >= 0.6 is 11.6 Å². The Morgan fingerprint density at radius 3 is 2.41 bits per heavy atom. The van der Waals surface area contributed by atoms with Crippen LogP contribution in [0.1, 0.15) is 12.5 Å². The molecule has 0 saturated heterocycles. The zero-order valence-corrected chi connectivity index (χ0v) is 16.9. The van der Waals surface area contributed by atoms with Gasteiger partial charge < -0.3 is 5.32 Å². The van der Waals surface area contributed by atoms with E-state index in [0.29, 0.717) is 6.42 Å². The van der Waals surface area contributed by atoms with E-state index < -0.39 is 23.2 Å². The SMILES string of the molecule is CC(=O)[C@H](Cc1ccccc1)NC(=O)Cn1c(Cl)nc2c1c(=O)n(C)c(=O)n2C. The number of carbonyl (C=O) groups excluding carboxylic acids is 2. The zero-order chi connectivity index (χ0) is 21.3. The molecule has 0 bridgehead atoms. The van der Waals surface area contributed by atoms with Gasteiger partial charge >= 0.3 is 5.69 Å². The maximum absolute atomic E-state index is 12.6. The van der Waals surface area contributed by atoms with Crippen molar-refractivity contribution in [1.29, 1.82) is 0 Å². The number of hydrogen-bond donors (Lipinski definition) is 1. The quantitative estimate of drug-likeness (QED) is 0.584. The van der Waals surface area contributed by atoms with Crippen molar-refractivity contribution in [1.82, 2.24) is 24.0 Å². The summed E-state index contributed by atoms with van der Waals surface area (Å²) >= 11 is 6.13. The van der Waals surface area contributed by atoms with Crippen LogP contribution < -0.4 is 16.6 Å². The third kappa shape index (κ3) is 4.00. The molecular weight excluding hydrogens is 398 g/mol. The van der Waals surface area contributed by atoms with E-state index in [0.717, 1.165) is 10.1 Å². The molecule has 152 valence electrons. The maximum atomic E-state index is 12.6. The number of fused-ring (bicyclic) bond motifs is 1. The third-order valence-corrected chi connectivity index (χ3v) is 5.00. The highest BCUT2D eigenvalue weighted by Crippen LogP contribution is 2.15. The first-order valence-corrected chi connectivity index (χ1v) is 9.24. The lowest BCUT2D eigenvalue weighted by Gasteiger charge is -2.16. The fourth-order valence-corrected chi connectivity index (χ4v) is 3.32. The molecular formula is C19H20ClN5O4. The van der Waals surface area contributed by atoms with Crippen LogP contribution in [0.3, 0.4) is 0 Å². The number of aryl methyl sites for hydroxylation is 1. The van der Waals surface area contributed by atoms with E-state index in [1.54, 1.807) is 0 Å². The second-order valence-electron chi connectivity index (χ2n) is 6.77. The summed E-state index contributed by atoms with van der Waals surface area (Å²) < 4.78 is 3.33. The van der Waals surface area contributed by atoms with Gasteiger partial charge in [0.15, 0.2) is 16.9 Å². The average Bonchev–Trinajstić information content (AvgIpc) is 3.01. The Labute approximate surface area is 170 Å². The number of halogens is 1. The smallest absolute Gasteiger partial charge is 0.332 e. The number of rotatable bonds is 6. The number of benzene rings is 1. The molecule has 0 aliphatic carbocycles. The number of nitrogens with one attached hydrogen (secondary N) is 1. The molecule has 1 amide bonds. The fraction of sp³-hybridized carbons (Fsp3) is 0.316. The molecule has 3 aromatic rings. The van der Waals surface area contributed by atoms with E-state index >= 15 is 0 Å². The molecule has 29 heavy (non-hydrogen) atoms. The summed E-state index contributed by atoms with van der Waals surface area (Å²) in [6, 6.07) is 8.59. The van der Waals surface area contributed by atoms with Gasteiger partial charge in [-0.2, -0.15) is 4.98 Å². The van der Waals surface area contributed by atoms with Crippen molar-refractivity contribution in [2.24, 2.45) is 14.1 Å². The predicted octanol–water partition coefficient (Wildman–Crippen LogP) is 0.404. The molecule has 1 aromatic carbocycles. The van der Waals surface area contributed by atoms with Crippen molar-refractivity contribution in [3.8, 4) is 0 Å². The van der Waals surface area contributed by atoms with Crippen molar-refractivity contribution in [3.63, 3.8) is 0 Å². The Hall–Kier alpha value is -3.20. The number of imidazole rings is 1. The number of nitrogens with zero attached hydrogens (tertiary/aromatic N) is 4. The normalized spacial score (nSPS) is 12.1. The maximum Gasteiger partial charge on any atom is 0.332 e. The van der Waals surface area contributed by atoms with Crippen LogP contribution in [0.5, 0.6) is 0 Å². The summed E-state index contributed by atoms with van der Waals surface area (Å²) in [5, 5.41) is 2.58. The zero-order valence-electron chi connectivity index (χ0n) is 16.2. The van der Waals surface area contributed by atoms with Crippen molar-refractivity contribution in [2.45, 2.75) is 25.9 Å². The number of carbonyl (C=O) groups is 2. The first-order chi connectivity index (χ1) is 13.7. The van der Waals surface area contributed by atoms with Gasteiger partial charge in [0.25, 0.3) is 5.56 Å². The van der Waals surface area contributed by atoms with E-state index in [9.17, 15) is 19.2 Å². The fourth-order valence-electron chi connectivity index (χ4n) is 3.09. The summed E-state index contributed by atoms with van der Waals surface area (Å²) in [4.78, 5) is 53.2. The number of Topliss-reactive ketones (excluding diaryl/α,β-unsaturated/α-hetero) is 1. The van der Waals surface area contributed by atoms with E-state index in [1.807, 2.05) is 30.3 Å². The van der Waals surface area contributed by atoms with Crippen LogP contribution in [-0.4, -0.2) is 36.4 Å².